The number of morpholine rings is 1. The number of carbonyl (C=O) groups excluding carboxylic acids is 1. The summed E-state index contributed by atoms with van der Waals surface area (Å²) < 4.78 is 6.32. The monoisotopic (exact) mass is 337 g/mol. The molecule has 4 rings (SSSR count). The normalized spacial score (nSPS) is 23.5. The molecule has 2 atom stereocenters. The second-order valence-corrected chi connectivity index (χ2v) is 7.07. The van der Waals surface area contributed by atoms with Crippen molar-refractivity contribution >= 4 is 5.91 Å². The van der Waals surface area contributed by atoms with Crippen LogP contribution in [-0.4, -0.2) is 35.1 Å². The van der Waals surface area contributed by atoms with Crippen LogP contribution in [-0.2, 0) is 4.74 Å². The number of hydrogen-bond donors (Lipinski definition) is 1. The topological polar surface area (TPSA) is 49.8 Å². The Morgan fingerprint density at radius 2 is 1.84 bits per heavy atom. The summed E-state index contributed by atoms with van der Waals surface area (Å²) in [5.74, 6) is 0.702. The van der Waals surface area contributed by atoms with Crippen LogP contribution >= 0.6 is 0 Å². The summed E-state index contributed by atoms with van der Waals surface area (Å²) in [6, 6.07) is 15.2. The first kappa shape index (κ1) is 16.2. The number of ether oxygens (including phenoxy) is 1. The number of amides is 1. The first-order chi connectivity index (χ1) is 12.1. The van der Waals surface area contributed by atoms with Gasteiger partial charge < -0.3 is 14.7 Å². The van der Waals surface area contributed by atoms with E-state index >= 15 is 0 Å². The minimum absolute atomic E-state index is 0.0247. The standard InChI is InChI=1S/C21H23NO3/c1-14-17(8-5-9-18(14)23)21(24)22-12-19(15-6-3-2-4-7-15)25-20(13-22)16-10-11-16/h2-9,16,19-20,23H,10-13H2,1H3/t19-,20+/m0/s1. The van der Waals surface area contributed by atoms with Gasteiger partial charge in [-0.25, -0.2) is 0 Å². The van der Waals surface area contributed by atoms with E-state index in [4.69, 9.17) is 4.74 Å². The van der Waals surface area contributed by atoms with Gasteiger partial charge in [0.2, 0.25) is 0 Å². The molecule has 0 unspecified atom stereocenters. The maximum Gasteiger partial charge on any atom is 0.254 e. The predicted octanol–water partition coefficient (Wildman–Crippen LogP) is 3.69. The molecule has 4 nitrogen and oxygen atoms in total. The van der Waals surface area contributed by atoms with Gasteiger partial charge in [0.05, 0.1) is 12.6 Å². The van der Waals surface area contributed by atoms with E-state index in [1.807, 2.05) is 23.1 Å². The Balaban J connectivity index is 1.61. The molecule has 130 valence electrons. The quantitative estimate of drug-likeness (QED) is 0.929. The molecule has 25 heavy (non-hydrogen) atoms. The fraction of sp³-hybridized carbons (Fsp3) is 0.381. The Labute approximate surface area is 148 Å². The van der Waals surface area contributed by atoms with Crippen LogP contribution < -0.4 is 0 Å². The van der Waals surface area contributed by atoms with E-state index in [1.165, 1.54) is 12.8 Å². The first-order valence-corrected chi connectivity index (χ1v) is 8.91. The zero-order valence-electron chi connectivity index (χ0n) is 14.4. The highest BCUT2D eigenvalue weighted by molar-refractivity contribution is 5.96. The van der Waals surface area contributed by atoms with Gasteiger partial charge in [-0.15, -0.1) is 0 Å². The Hall–Kier alpha value is -2.33. The molecule has 0 spiro atoms. The highest BCUT2D eigenvalue weighted by Gasteiger charge is 2.40. The minimum Gasteiger partial charge on any atom is -0.508 e. The van der Waals surface area contributed by atoms with Crippen molar-refractivity contribution in [1.82, 2.24) is 4.90 Å². The zero-order chi connectivity index (χ0) is 17.4. The van der Waals surface area contributed by atoms with E-state index < -0.39 is 0 Å². The van der Waals surface area contributed by atoms with Crippen molar-refractivity contribution in [2.24, 2.45) is 5.92 Å². The molecule has 1 amide bonds. The molecule has 1 aliphatic carbocycles. The minimum atomic E-state index is -0.0953. The molecular formula is C21H23NO3. The van der Waals surface area contributed by atoms with Gasteiger partial charge in [-0.3, -0.25) is 4.79 Å². The average molecular weight is 337 g/mol. The summed E-state index contributed by atoms with van der Waals surface area (Å²) in [5.41, 5.74) is 2.32. The Morgan fingerprint density at radius 3 is 2.56 bits per heavy atom. The van der Waals surface area contributed by atoms with Crippen LogP contribution in [0.25, 0.3) is 0 Å². The van der Waals surface area contributed by atoms with E-state index in [0.717, 1.165) is 5.56 Å². The second kappa shape index (κ2) is 6.52. The molecule has 1 N–H and O–H groups in total. The largest absolute Gasteiger partial charge is 0.508 e. The summed E-state index contributed by atoms with van der Waals surface area (Å²) >= 11 is 0. The number of carbonyl (C=O) groups is 1. The van der Waals surface area contributed by atoms with E-state index in [9.17, 15) is 9.90 Å². The van der Waals surface area contributed by atoms with E-state index in [-0.39, 0.29) is 23.9 Å². The van der Waals surface area contributed by atoms with Crippen molar-refractivity contribution in [3.05, 3.63) is 65.2 Å². The third-order valence-electron chi connectivity index (χ3n) is 5.27. The molecule has 0 bridgehead atoms. The van der Waals surface area contributed by atoms with Crippen molar-refractivity contribution in [2.45, 2.75) is 32.0 Å². The van der Waals surface area contributed by atoms with Crippen LogP contribution in [0.15, 0.2) is 48.5 Å². The molecule has 0 radical (unpaired) electrons. The molecule has 2 aromatic carbocycles. The lowest BCUT2D eigenvalue weighted by atomic mass is 10.0. The van der Waals surface area contributed by atoms with Gasteiger partial charge >= 0.3 is 0 Å². The molecule has 0 aromatic heterocycles. The lowest BCUT2D eigenvalue weighted by Crippen LogP contribution is -2.47. The van der Waals surface area contributed by atoms with Crippen molar-refractivity contribution in [2.75, 3.05) is 13.1 Å². The average Bonchev–Trinajstić information content (AvgIpc) is 3.49. The molecule has 4 heteroatoms. The number of nitrogens with zero attached hydrogens (tertiary/aromatic N) is 1. The van der Waals surface area contributed by atoms with Gasteiger partial charge in [-0.05, 0) is 43.4 Å². The van der Waals surface area contributed by atoms with Gasteiger partial charge in [0.25, 0.3) is 5.91 Å². The van der Waals surface area contributed by atoms with Crippen LogP contribution in [0.4, 0.5) is 0 Å². The molecule has 1 heterocycles. The van der Waals surface area contributed by atoms with Gasteiger partial charge in [0.15, 0.2) is 0 Å². The molecular weight excluding hydrogens is 314 g/mol. The SMILES string of the molecule is Cc1c(O)cccc1C(=O)N1C[C@@H](c2ccccc2)O[C@@H](C2CC2)C1. The smallest absolute Gasteiger partial charge is 0.254 e. The van der Waals surface area contributed by atoms with Gasteiger partial charge in [0.1, 0.15) is 11.9 Å². The summed E-state index contributed by atoms with van der Waals surface area (Å²) in [5, 5.41) is 9.93. The summed E-state index contributed by atoms with van der Waals surface area (Å²) in [4.78, 5) is 15.0. The first-order valence-electron chi connectivity index (χ1n) is 8.91. The van der Waals surface area contributed by atoms with Crippen LogP contribution in [0.3, 0.4) is 0 Å². The molecule has 1 saturated heterocycles. The predicted molar refractivity (Wildman–Crippen MR) is 95.5 cm³/mol. The summed E-state index contributed by atoms with van der Waals surface area (Å²) in [6.45, 7) is 2.96. The number of benzene rings is 2. The van der Waals surface area contributed by atoms with Crippen LogP contribution in [0.1, 0.15) is 40.4 Å². The third kappa shape index (κ3) is 3.27. The highest BCUT2D eigenvalue weighted by Crippen LogP contribution is 2.39. The van der Waals surface area contributed by atoms with E-state index in [1.54, 1.807) is 25.1 Å². The van der Waals surface area contributed by atoms with Gasteiger partial charge in [0, 0.05) is 17.7 Å². The van der Waals surface area contributed by atoms with E-state index in [2.05, 4.69) is 12.1 Å². The number of rotatable bonds is 3. The van der Waals surface area contributed by atoms with Gasteiger partial charge in [-0.2, -0.15) is 0 Å². The third-order valence-corrected chi connectivity index (χ3v) is 5.27. The van der Waals surface area contributed by atoms with Crippen LogP contribution in [0.2, 0.25) is 0 Å². The second-order valence-electron chi connectivity index (χ2n) is 7.07. The number of phenols is 1. The molecule has 1 saturated carbocycles. The van der Waals surface area contributed by atoms with Crippen LogP contribution in [0.5, 0.6) is 5.75 Å². The Kier molecular flexibility index (Phi) is 4.22. The molecule has 2 aliphatic rings. The molecule has 2 aromatic rings. The van der Waals surface area contributed by atoms with E-state index in [0.29, 0.717) is 30.1 Å². The lowest BCUT2D eigenvalue weighted by molar-refractivity contribution is -0.0864. The van der Waals surface area contributed by atoms with Gasteiger partial charge in [-0.1, -0.05) is 36.4 Å². The lowest BCUT2D eigenvalue weighted by Gasteiger charge is -2.39. The van der Waals surface area contributed by atoms with Crippen molar-refractivity contribution in [3.63, 3.8) is 0 Å². The van der Waals surface area contributed by atoms with Crippen LogP contribution in [0, 0.1) is 12.8 Å². The number of aromatic hydroxyl groups is 1. The highest BCUT2D eigenvalue weighted by atomic mass is 16.5. The zero-order valence-corrected chi connectivity index (χ0v) is 14.4. The fourth-order valence-electron chi connectivity index (χ4n) is 3.56. The van der Waals surface area contributed by atoms with Crippen molar-refractivity contribution in [1.29, 1.82) is 0 Å². The maximum atomic E-state index is 13.1. The molecule has 1 aliphatic heterocycles. The fourth-order valence-corrected chi connectivity index (χ4v) is 3.56. The summed E-state index contributed by atoms with van der Waals surface area (Å²) in [7, 11) is 0. The number of hydrogen-bond acceptors (Lipinski definition) is 3. The Morgan fingerprint density at radius 1 is 1.08 bits per heavy atom. The summed E-state index contributed by atoms with van der Waals surface area (Å²) in [6.07, 6.45) is 2.36. The molecule has 2 fully saturated rings. The van der Waals surface area contributed by atoms with Crippen molar-refractivity contribution in [3.8, 4) is 5.75 Å². The number of phenolic OH excluding ortho intramolecular Hbond substituents is 1. The maximum absolute atomic E-state index is 13.1. The van der Waals surface area contributed by atoms with Crippen molar-refractivity contribution < 1.29 is 14.6 Å². The Bertz CT molecular complexity index is 770.